The summed E-state index contributed by atoms with van der Waals surface area (Å²) in [6.07, 6.45) is 9.54. The third kappa shape index (κ3) is 4.69. The first-order valence-electron chi connectivity index (χ1n) is 13.4. The molecule has 0 aromatic carbocycles. The Bertz CT molecular complexity index is 1820. The van der Waals surface area contributed by atoms with Crippen LogP contribution in [0.2, 0.25) is 0 Å². The Morgan fingerprint density at radius 1 is 0.925 bits per heavy atom. The summed E-state index contributed by atoms with van der Waals surface area (Å²) in [7, 11) is 0. The van der Waals surface area contributed by atoms with Gasteiger partial charge in [-0.1, -0.05) is 6.07 Å². The number of hydrogen-bond donors (Lipinski definition) is 4. The fourth-order valence-electron chi connectivity index (χ4n) is 5.34. The summed E-state index contributed by atoms with van der Waals surface area (Å²) in [5, 5.41) is 15.0. The van der Waals surface area contributed by atoms with Crippen LogP contribution in [0.25, 0.3) is 56.0 Å². The summed E-state index contributed by atoms with van der Waals surface area (Å²) in [6.45, 7) is 1.94. The third-order valence-corrected chi connectivity index (χ3v) is 7.37. The van der Waals surface area contributed by atoms with Gasteiger partial charge in [-0.15, -0.1) is 0 Å². The molecule has 10 heteroatoms. The van der Waals surface area contributed by atoms with Crippen molar-refractivity contribution >= 4 is 33.5 Å². The lowest BCUT2D eigenvalue weighted by atomic mass is 9.94. The average molecular weight is 530 g/mol. The molecule has 198 valence electrons. The Morgan fingerprint density at radius 2 is 1.85 bits per heavy atom. The lowest BCUT2D eigenvalue weighted by molar-refractivity contribution is -0.117. The van der Waals surface area contributed by atoms with Crippen LogP contribution in [0, 0.1) is 5.92 Å². The molecule has 1 saturated heterocycles. The predicted octanol–water partition coefficient (Wildman–Crippen LogP) is 4.95. The highest BCUT2D eigenvalue weighted by molar-refractivity contribution is 5.99. The van der Waals surface area contributed by atoms with Crippen molar-refractivity contribution in [3.05, 3.63) is 73.3 Å². The lowest BCUT2D eigenvalue weighted by Gasteiger charge is -2.21. The molecule has 0 radical (unpaired) electrons. The number of amides is 1. The molecule has 0 saturated carbocycles. The summed E-state index contributed by atoms with van der Waals surface area (Å²) in [5.41, 5.74) is 7.85. The quantitative estimate of drug-likeness (QED) is 0.239. The Labute approximate surface area is 229 Å². The zero-order valence-corrected chi connectivity index (χ0v) is 21.7. The summed E-state index contributed by atoms with van der Waals surface area (Å²) in [6, 6.07) is 15.6. The minimum Gasteiger partial charge on any atom is -0.353 e. The molecule has 6 aromatic heterocycles. The van der Waals surface area contributed by atoms with E-state index in [2.05, 4.69) is 40.8 Å². The van der Waals surface area contributed by atoms with Crippen LogP contribution in [0.15, 0.2) is 73.3 Å². The normalized spacial score (nSPS) is 14.1. The van der Waals surface area contributed by atoms with Gasteiger partial charge in [0.25, 0.3) is 0 Å². The number of nitrogens with one attached hydrogen (secondary N) is 4. The first-order valence-corrected chi connectivity index (χ1v) is 13.4. The smallest absolute Gasteiger partial charge is 0.224 e. The molecule has 1 aliphatic rings. The number of anilines is 1. The maximum absolute atomic E-state index is 12.7. The van der Waals surface area contributed by atoms with Crippen molar-refractivity contribution in [2.75, 3.05) is 18.4 Å². The topological polar surface area (TPSA) is 137 Å². The highest BCUT2D eigenvalue weighted by Crippen LogP contribution is 2.32. The first kappa shape index (κ1) is 24.1. The highest BCUT2D eigenvalue weighted by atomic mass is 16.1. The maximum atomic E-state index is 12.7. The fourth-order valence-corrected chi connectivity index (χ4v) is 5.34. The number of rotatable bonds is 6. The molecule has 0 spiro atoms. The van der Waals surface area contributed by atoms with E-state index in [1.54, 1.807) is 24.8 Å². The molecule has 40 heavy (non-hydrogen) atoms. The van der Waals surface area contributed by atoms with E-state index in [4.69, 9.17) is 4.98 Å². The largest absolute Gasteiger partial charge is 0.353 e. The second-order valence-corrected chi connectivity index (χ2v) is 10.1. The molecule has 1 fully saturated rings. The van der Waals surface area contributed by atoms with E-state index in [1.165, 1.54) is 0 Å². The Kier molecular flexibility index (Phi) is 6.21. The van der Waals surface area contributed by atoms with Crippen LogP contribution in [0.1, 0.15) is 19.3 Å². The number of carbonyl (C=O) groups excluding carboxylic acids is 1. The van der Waals surface area contributed by atoms with E-state index in [0.717, 1.165) is 76.2 Å². The molecule has 10 nitrogen and oxygen atoms in total. The molecule has 4 N–H and O–H groups in total. The number of hydrogen-bond acceptors (Lipinski definition) is 7. The average Bonchev–Trinajstić information content (AvgIpc) is 3.62. The predicted molar refractivity (Wildman–Crippen MR) is 154 cm³/mol. The van der Waals surface area contributed by atoms with Crippen molar-refractivity contribution in [2.45, 2.75) is 19.3 Å². The molecule has 6 aromatic rings. The van der Waals surface area contributed by atoms with Crippen molar-refractivity contribution in [1.29, 1.82) is 0 Å². The van der Waals surface area contributed by atoms with Gasteiger partial charge in [-0.3, -0.25) is 24.8 Å². The standard InChI is InChI=1S/C30H27N9O/c40-27(13-18-6-10-31-11-7-18)35-20-14-19(16-32-17-20)22-4-5-25-29(37-22)30(39-38-25)26-15-21-23(36-26)8-12-34-28(21)24-3-1-2-9-33-24/h1-5,8-9,12,14-18,31,36H,6-7,10-11,13H2,(H,35,40)(H,38,39). The molecule has 1 amide bonds. The number of fused-ring (bicyclic) bond motifs is 2. The van der Waals surface area contributed by atoms with Crippen LogP contribution >= 0.6 is 0 Å². The van der Waals surface area contributed by atoms with Crippen molar-refractivity contribution in [2.24, 2.45) is 5.92 Å². The second kappa shape index (κ2) is 10.3. The fraction of sp³-hybridized carbons (Fsp3) is 0.200. The summed E-state index contributed by atoms with van der Waals surface area (Å²) in [5.74, 6) is 0.436. The van der Waals surface area contributed by atoms with E-state index in [1.807, 2.05) is 48.5 Å². The van der Waals surface area contributed by atoms with E-state index in [-0.39, 0.29) is 5.91 Å². The number of H-pyrrole nitrogens is 2. The number of nitrogens with zero attached hydrogens (tertiary/aromatic N) is 5. The minimum atomic E-state index is 0.0183. The maximum Gasteiger partial charge on any atom is 0.224 e. The molecule has 0 unspecified atom stereocenters. The molecule has 1 aliphatic heterocycles. The summed E-state index contributed by atoms with van der Waals surface area (Å²) in [4.78, 5) is 34.5. The Morgan fingerprint density at radius 3 is 2.73 bits per heavy atom. The van der Waals surface area contributed by atoms with Crippen molar-refractivity contribution < 1.29 is 4.79 Å². The number of piperidine rings is 1. The van der Waals surface area contributed by atoms with E-state index < -0.39 is 0 Å². The zero-order chi connectivity index (χ0) is 26.9. The molecular formula is C30H27N9O. The van der Waals surface area contributed by atoms with Gasteiger partial charge in [0.1, 0.15) is 11.2 Å². The summed E-state index contributed by atoms with van der Waals surface area (Å²) >= 11 is 0. The van der Waals surface area contributed by atoms with Crippen molar-refractivity contribution in [3.63, 3.8) is 0 Å². The Balaban J connectivity index is 1.19. The lowest BCUT2D eigenvalue weighted by Crippen LogP contribution is -2.30. The molecule has 0 aliphatic carbocycles. The van der Waals surface area contributed by atoms with Crippen molar-refractivity contribution in [3.8, 4) is 34.0 Å². The minimum absolute atomic E-state index is 0.0183. The molecule has 0 bridgehead atoms. The van der Waals surface area contributed by atoms with Gasteiger partial charge in [-0.05, 0) is 74.3 Å². The van der Waals surface area contributed by atoms with Gasteiger partial charge >= 0.3 is 0 Å². The van der Waals surface area contributed by atoms with Crippen molar-refractivity contribution in [1.82, 2.24) is 40.4 Å². The van der Waals surface area contributed by atoms with Gasteiger partial charge in [-0.2, -0.15) is 5.10 Å². The second-order valence-electron chi connectivity index (χ2n) is 10.1. The first-order chi connectivity index (χ1) is 19.7. The van der Waals surface area contributed by atoms with Crippen LogP contribution in [-0.2, 0) is 4.79 Å². The Hall–Kier alpha value is -4.96. The van der Waals surface area contributed by atoms with Crippen LogP contribution < -0.4 is 10.6 Å². The summed E-state index contributed by atoms with van der Waals surface area (Å²) < 4.78 is 0. The highest BCUT2D eigenvalue weighted by Gasteiger charge is 2.18. The van der Waals surface area contributed by atoms with Crippen LogP contribution in [0.3, 0.4) is 0 Å². The van der Waals surface area contributed by atoms with E-state index >= 15 is 0 Å². The van der Waals surface area contributed by atoms with Crippen LogP contribution in [-0.4, -0.2) is 54.1 Å². The number of pyridine rings is 4. The monoisotopic (exact) mass is 529 g/mol. The van der Waals surface area contributed by atoms with E-state index in [0.29, 0.717) is 23.7 Å². The molecule has 7 rings (SSSR count). The van der Waals surface area contributed by atoms with Crippen LogP contribution in [0.5, 0.6) is 0 Å². The van der Waals surface area contributed by atoms with Gasteiger partial charge in [-0.25, -0.2) is 4.98 Å². The molecular weight excluding hydrogens is 502 g/mol. The molecule has 0 atom stereocenters. The van der Waals surface area contributed by atoms with Crippen LogP contribution in [0.4, 0.5) is 5.69 Å². The SMILES string of the molecule is O=C(CC1CCNCC1)Nc1cncc(-c2ccc3[nH]nc(-c4cc5c(-c6ccccn6)nccc5[nH]4)c3n2)c1. The van der Waals surface area contributed by atoms with Gasteiger partial charge in [0.15, 0.2) is 0 Å². The molecule has 7 heterocycles. The third-order valence-electron chi connectivity index (χ3n) is 7.37. The van der Waals surface area contributed by atoms with Gasteiger partial charge in [0.2, 0.25) is 5.91 Å². The van der Waals surface area contributed by atoms with E-state index in [9.17, 15) is 4.79 Å². The number of aromatic nitrogens is 7. The number of carbonyl (C=O) groups is 1. The van der Waals surface area contributed by atoms with Gasteiger partial charge in [0.05, 0.1) is 40.2 Å². The number of aromatic amines is 2. The zero-order valence-electron chi connectivity index (χ0n) is 21.7. The van der Waals surface area contributed by atoms with Gasteiger partial charge in [0, 0.05) is 41.5 Å². The van der Waals surface area contributed by atoms with Gasteiger partial charge < -0.3 is 15.6 Å².